The number of Topliss-reactive ketones (excluding diaryl/α,β-unsaturated/α-hetero) is 1. The largest absolute Gasteiger partial charge is 0.415 e. The summed E-state index contributed by atoms with van der Waals surface area (Å²) >= 11 is 5.90. The number of nitrogens with zero attached hydrogens (tertiary/aromatic N) is 1. The molecule has 0 saturated carbocycles. The highest BCUT2D eigenvalue weighted by molar-refractivity contribution is 6.30. The average molecular weight is 430 g/mol. The average Bonchev–Trinajstić information content (AvgIpc) is 2.79. The second kappa shape index (κ2) is 9.45. The minimum atomic E-state index is -0.521. The first-order valence-corrected chi connectivity index (χ1v) is 10.2. The van der Waals surface area contributed by atoms with Gasteiger partial charge in [-0.25, -0.2) is 4.79 Å². The lowest BCUT2D eigenvalue weighted by molar-refractivity contribution is -0.113. The van der Waals surface area contributed by atoms with Crippen LogP contribution in [0.2, 0.25) is 5.02 Å². The summed E-state index contributed by atoms with van der Waals surface area (Å²) in [5.41, 5.74) is 2.87. The molecule has 0 radical (unpaired) electrons. The number of ketones is 1. The van der Waals surface area contributed by atoms with Gasteiger partial charge in [0.15, 0.2) is 5.78 Å². The van der Waals surface area contributed by atoms with E-state index in [0.717, 1.165) is 11.1 Å². The van der Waals surface area contributed by atoms with Crippen LogP contribution in [-0.2, 0) is 4.79 Å². The number of piperidine rings is 1. The number of amides is 1. The molecule has 0 atom stereocenters. The molecular formula is C26H20ClNO3. The Kier molecular flexibility index (Phi) is 6.29. The molecule has 0 spiro atoms. The number of hydrogen-bond acceptors (Lipinski definition) is 3. The van der Waals surface area contributed by atoms with E-state index in [4.69, 9.17) is 16.3 Å². The number of rotatable bonds is 3. The zero-order chi connectivity index (χ0) is 21.6. The number of benzene rings is 3. The zero-order valence-corrected chi connectivity index (χ0v) is 17.5. The van der Waals surface area contributed by atoms with Crippen molar-refractivity contribution in [3.63, 3.8) is 0 Å². The summed E-state index contributed by atoms with van der Waals surface area (Å²) in [7, 11) is 0. The molecule has 0 unspecified atom stereocenters. The van der Waals surface area contributed by atoms with Crippen LogP contribution in [0.15, 0.2) is 96.1 Å². The Morgan fingerprint density at radius 2 is 1.26 bits per heavy atom. The molecular weight excluding hydrogens is 410 g/mol. The summed E-state index contributed by atoms with van der Waals surface area (Å²) in [5.74, 6) is 0.330. The first kappa shape index (κ1) is 20.6. The van der Waals surface area contributed by atoms with Gasteiger partial charge in [-0.2, -0.15) is 0 Å². The Hall–Kier alpha value is -3.63. The predicted molar refractivity (Wildman–Crippen MR) is 123 cm³/mol. The lowest BCUT2D eigenvalue weighted by atomic mass is 9.94. The molecule has 1 heterocycles. The van der Waals surface area contributed by atoms with Crippen molar-refractivity contribution in [2.24, 2.45) is 0 Å². The highest BCUT2D eigenvalue weighted by Gasteiger charge is 2.30. The van der Waals surface area contributed by atoms with E-state index in [1.807, 2.05) is 72.8 Å². The molecule has 3 aromatic rings. The van der Waals surface area contributed by atoms with Gasteiger partial charge in [0.25, 0.3) is 0 Å². The fraction of sp³-hybridized carbons (Fsp3) is 0.0769. The lowest BCUT2D eigenvalue weighted by Crippen LogP contribution is -2.43. The van der Waals surface area contributed by atoms with E-state index in [1.54, 1.807) is 24.3 Å². The van der Waals surface area contributed by atoms with Gasteiger partial charge in [0.1, 0.15) is 5.75 Å². The van der Waals surface area contributed by atoms with Crippen LogP contribution in [0.3, 0.4) is 0 Å². The van der Waals surface area contributed by atoms with Crippen LogP contribution in [0, 0.1) is 0 Å². The van der Waals surface area contributed by atoms with E-state index >= 15 is 0 Å². The van der Waals surface area contributed by atoms with Crippen molar-refractivity contribution in [1.82, 2.24) is 4.90 Å². The summed E-state index contributed by atoms with van der Waals surface area (Å²) in [6.45, 7) is 0.346. The molecule has 0 N–H and O–H groups in total. The molecule has 1 aliphatic heterocycles. The van der Waals surface area contributed by atoms with Crippen LogP contribution < -0.4 is 4.74 Å². The number of carbonyl (C=O) groups excluding carboxylic acids is 2. The lowest BCUT2D eigenvalue weighted by Gasteiger charge is -2.29. The Morgan fingerprint density at radius 1 is 0.774 bits per heavy atom. The molecule has 5 heteroatoms. The highest BCUT2D eigenvalue weighted by atomic mass is 35.5. The highest BCUT2D eigenvalue weighted by Crippen LogP contribution is 2.24. The Balaban J connectivity index is 1.64. The molecule has 1 fully saturated rings. The van der Waals surface area contributed by atoms with E-state index in [-0.39, 0.29) is 18.9 Å². The maximum atomic E-state index is 13.2. The van der Waals surface area contributed by atoms with Crippen molar-refractivity contribution in [3.8, 4) is 5.75 Å². The molecule has 1 amide bonds. The molecule has 1 aliphatic rings. The molecule has 154 valence electrons. The van der Waals surface area contributed by atoms with Crippen molar-refractivity contribution >= 4 is 35.6 Å². The third-order valence-electron chi connectivity index (χ3n) is 4.86. The van der Waals surface area contributed by atoms with Gasteiger partial charge in [0, 0.05) is 16.2 Å². The molecule has 3 aromatic carbocycles. The van der Waals surface area contributed by atoms with Crippen LogP contribution in [0.25, 0.3) is 12.2 Å². The molecule has 0 aliphatic carbocycles. The van der Waals surface area contributed by atoms with Crippen molar-refractivity contribution in [2.45, 2.75) is 0 Å². The van der Waals surface area contributed by atoms with E-state index in [0.29, 0.717) is 21.9 Å². The maximum absolute atomic E-state index is 13.2. The SMILES string of the molecule is O=C1/C(=C\c2ccccc2)CN(C(=O)Oc2ccc(Cl)cc2)C/C1=C/c1ccccc1. The number of ether oxygens (including phenoxy) is 1. The number of carbonyl (C=O) groups is 2. The van der Waals surface area contributed by atoms with Gasteiger partial charge in [0.2, 0.25) is 0 Å². The number of halogens is 1. The first-order chi connectivity index (χ1) is 15.1. The predicted octanol–water partition coefficient (Wildman–Crippen LogP) is 5.89. The van der Waals surface area contributed by atoms with Crippen LogP contribution >= 0.6 is 11.6 Å². The third kappa shape index (κ3) is 5.30. The second-order valence-electron chi connectivity index (χ2n) is 7.17. The standard InChI is InChI=1S/C26H20ClNO3/c27-23-11-13-24(14-12-23)31-26(30)28-17-21(15-19-7-3-1-4-8-19)25(29)22(18-28)16-20-9-5-2-6-10-20/h1-16H,17-18H2/b21-15-,22-16-. The molecule has 1 saturated heterocycles. The topological polar surface area (TPSA) is 46.6 Å². The van der Waals surface area contributed by atoms with Crippen LogP contribution in [0.5, 0.6) is 5.75 Å². The fourth-order valence-corrected chi connectivity index (χ4v) is 3.46. The summed E-state index contributed by atoms with van der Waals surface area (Å²) < 4.78 is 5.50. The summed E-state index contributed by atoms with van der Waals surface area (Å²) in [4.78, 5) is 27.6. The van der Waals surface area contributed by atoms with Gasteiger partial charge in [-0.15, -0.1) is 0 Å². The monoisotopic (exact) mass is 429 g/mol. The Morgan fingerprint density at radius 3 is 1.74 bits per heavy atom. The smallest absolute Gasteiger partial charge is 0.410 e. The summed E-state index contributed by atoms with van der Waals surface area (Å²) in [5, 5.41) is 0.560. The molecule has 31 heavy (non-hydrogen) atoms. The van der Waals surface area contributed by atoms with Gasteiger partial charge in [-0.05, 0) is 47.5 Å². The first-order valence-electron chi connectivity index (χ1n) is 9.87. The second-order valence-corrected chi connectivity index (χ2v) is 7.60. The molecule has 0 aromatic heterocycles. The zero-order valence-electron chi connectivity index (χ0n) is 16.7. The van der Waals surface area contributed by atoms with Crippen molar-refractivity contribution < 1.29 is 14.3 Å². The summed E-state index contributed by atoms with van der Waals surface area (Å²) in [6, 6.07) is 25.8. The van der Waals surface area contributed by atoms with E-state index < -0.39 is 6.09 Å². The molecule has 4 rings (SSSR count). The van der Waals surface area contributed by atoms with Gasteiger partial charge in [-0.1, -0.05) is 72.3 Å². The maximum Gasteiger partial charge on any atom is 0.415 e. The van der Waals surface area contributed by atoms with Gasteiger partial charge >= 0.3 is 6.09 Å². The minimum absolute atomic E-state index is 0.0664. The third-order valence-corrected chi connectivity index (χ3v) is 5.12. The van der Waals surface area contributed by atoms with Crippen molar-refractivity contribution in [3.05, 3.63) is 112 Å². The molecule has 4 nitrogen and oxygen atoms in total. The van der Waals surface area contributed by atoms with Gasteiger partial charge in [-0.3, -0.25) is 9.69 Å². The Labute approximate surface area is 186 Å². The van der Waals surface area contributed by atoms with E-state index in [2.05, 4.69) is 0 Å². The summed E-state index contributed by atoms with van der Waals surface area (Å²) in [6.07, 6.45) is 3.12. The quantitative estimate of drug-likeness (QED) is 0.487. The number of hydrogen-bond donors (Lipinski definition) is 0. The number of likely N-dealkylation sites (tertiary alicyclic amines) is 1. The van der Waals surface area contributed by atoms with E-state index in [9.17, 15) is 9.59 Å². The van der Waals surface area contributed by atoms with Crippen LogP contribution in [0.1, 0.15) is 11.1 Å². The van der Waals surface area contributed by atoms with E-state index in [1.165, 1.54) is 4.90 Å². The van der Waals surface area contributed by atoms with Gasteiger partial charge < -0.3 is 4.74 Å². The van der Waals surface area contributed by atoms with Crippen LogP contribution in [-0.4, -0.2) is 29.9 Å². The van der Waals surface area contributed by atoms with Gasteiger partial charge in [0.05, 0.1) is 13.1 Å². The fourth-order valence-electron chi connectivity index (χ4n) is 3.34. The Bertz CT molecular complexity index is 1070. The normalized spacial score (nSPS) is 16.5. The molecule has 0 bridgehead atoms. The van der Waals surface area contributed by atoms with Crippen molar-refractivity contribution in [1.29, 1.82) is 0 Å². The minimum Gasteiger partial charge on any atom is -0.410 e. The van der Waals surface area contributed by atoms with Crippen molar-refractivity contribution in [2.75, 3.05) is 13.1 Å². The van der Waals surface area contributed by atoms with Crippen LogP contribution in [0.4, 0.5) is 4.79 Å².